The average molecular weight is 349 g/mol. The van der Waals surface area contributed by atoms with Crippen LogP contribution >= 0.6 is 0 Å². The Hall–Kier alpha value is -2.98. The first-order valence-corrected chi connectivity index (χ1v) is 8.65. The fraction of sp³-hybridized carbons (Fsp3) is 0.136. The number of para-hydroxylation sites is 1. The van der Waals surface area contributed by atoms with Gasteiger partial charge < -0.3 is 10.6 Å². The first kappa shape index (κ1) is 17.8. The summed E-state index contributed by atoms with van der Waals surface area (Å²) in [5, 5.41) is 4.67. The Bertz CT molecular complexity index is 813. The van der Waals surface area contributed by atoms with E-state index >= 15 is 0 Å². The highest BCUT2D eigenvalue weighted by molar-refractivity contribution is 5.93. The van der Waals surface area contributed by atoms with Crippen molar-refractivity contribution in [3.05, 3.63) is 102 Å². The van der Waals surface area contributed by atoms with Gasteiger partial charge in [0.2, 0.25) is 0 Å². The van der Waals surface area contributed by atoms with Gasteiger partial charge in [-0.15, -0.1) is 0 Å². The van der Waals surface area contributed by atoms with Gasteiger partial charge in [-0.25, -0.2) is 4.39 Å². The van der Waals surface area contributed by atoms with Crippen LogP contribution in [0.15, 0.2) is 84.9 Å². The van der Waals surface area contributed by atoms with Crippen molar-refractivity contribution >= 4 is 11.6 Å². The van der Waals surface area contributed by atoms with Gasteiger partial charge in [0.25, 0.3) is 5.91 Å². The quantitative estimate of drug-likeness (QED) is 0.703. The average Bonchev–Trinajstić information content (AvgIpc) is 2.69. The number of benzene rings is 3. The molecule has 0 radical (unpaired) electrons. The Morgan fingerprint density at radius 3 is 1.88 bits per heavy atom. The third kappa shape index (κ3) is 4.35. The number of carbonyl (C=O) groups excluding carboxylic acids is 1. The van der Waals surface area contributed by atoms with Crippen LogP contribution < -0.4 is 10.6 Å². The van der Waals surface area contributed by atoms with Crippen molar-refractivity contribution in [3.63, 3.8) is 0 Å². The second-order valence-electron chi connectivity index (χ2n) is 6.25. The van der Waals surface area contributed by atoms with E-state index in [0.29, 0.717) is 0 Å². The van der Waals surface area contributed by atoms with E-state index in [1.54, 1.807) is 18.2 Å². The number of nitrogens with one attached hydrogen (secondary N) is 1. The first-order valence-electron chi connectivity index (χ1n) is 8.65. The van der Waals surface area contributed by atoms with Crippen molar-refractivity contribution in [3.8, 4) is 0 Å². The van der Waals surface area contributed by atoms with E-state index in [-0.39, 0.29) is 23.7 Å². The van der Waals surface area contributed by atoms with E-state index in [2.05, 4.69) is 29.6 Å². The van der Waals surface area contributed by atoms with Gasteiger partial charge in [0.05, 0.1) is 5.69 Å². The van der Waals surface area contributed by atoms with Gasteiger partial charge in [-0.2, -0.15) is 0 Å². The molecule has 1 atom stereocenters. The Balaban J connectivity index is 1.78. The maximum atomic E-state index is 13.8. The molecule has 0 aromatic heterocycles. The van der Waals surface area contributed by atoms with Crippen molar-refractivity contribution in [2.24, 2.45) is 0 Å². The van der Waals surface area contributed by atoms with Crippen LogP contribution in [0.3, 0.4) is 0 Å². The van der Waals surface area contributed by atoms with Gasteiger partial charge in [0.15, 0.2) is 6.04 Å². The molecule has 3 nitrogen and oxygen atoms in total. The lowest BCUT2D eigenvalue weighted by Crippen LogP contribution is -2.92. The maximum Gasteiger partial charge on any atom is 0.282 e. The molecule has 3 N–H and O–H groups in total. The minimum absolute atomic E-state index is 0.0150. The highest BCUT2D eigenvalue weighted by Gasteiger charge is 2.25. The number of carbonyl (C=O) groups is 1. The third-order valence-corrected chi connectivity index (χ3v) is 4.34. The molecule has 3 aromatic rings. The zero-order chi connectivity index (χ0) is 18.4. The van der Waals surface area contributed by atoms with E-state index in [0.717, 1.165) is 11.1 Å². The van der Waals surface area contributed by atoms with Crippen LogP contribution in [0.25, 0.3) is 0 Å². The molecule has 0 heterocycles. The molecule has 132 valence electrons. The van der Waals surface area contributed by atoms with Crippen molar-refractivity contribution < 1.29 is 14.5 Å². The predicted molar refractivity (Wildman–Crippen MR) is 101 cm³/mol. The molecule has 3 rings (SSSR count). The Morgan fingerprint density at radius 1 is 0.846 bits per heavy atom. The van der Waals surface area contributed by atoms with Crippen LogP contribution in [0.5, 0.6) is 0 Å². The van der Waals surface area contributed by atoms with Crippen molar-refractivity contribution in [1.29, 1.82) is 0 Å². The SMILES string of the molecule is C[C@H]([NH2+]C(c1ccccc1)c1ccccc1)C(=O)Nc1ccccc1F. The molecule has 0 aliphatic heterocycles. The molecule has 0 unspecified atom stereocenters. The summed E-state index contributed by atoms with van der Waals surface area (Å²) in [7, 11) is 0. The summed E-state index contributed by atoms with van der Waals surface area (Å²) in [6, 6.07) is 25.9. The van der Waals surface area contributed by atoms with E-state index in [1.165, 1.54) is 6.07 Å². The molecule has 4 heteroatoms. The third-order valence-electron chi connectivity index (χ3n) is 4.34. The summed E-state index contributed by atoms with van der Waals surface area (Å²) in [6.07, 6.45) is 0. The lowest BCUT2D eigenvalue weighted by Gasteiger charge is -2.20. The first-order chi connectivity index (χ1) is 12.6. The molecule has 1 amide bonds. The number of halogens is 1. The fourth-order valence-corrected chi connectivity index (χ4v) is 2.92. The van der Waals surface area contributed by atoms with Crippen molar-refractivity contribution in [1.82, 2.24) is 0 Å². The number of anilines is 1. The van der Waals surface area contributed by atoms with Gasteiger partial charge in [0.1, 0.15) is 11.9 Å². The second kappa shape index (κ2) is 8.41. The highest BCUT2D eigenvalue weighted by Crippen LogP contribution is 2.18. The summed E-state index contributed by atoms with van der Waals surface area (Å²) >= 11 is 0. The number of hydrogen-bond donors (Lipinski definition) is 2. The minimum atomic E-state index is -0.435. The smallest absolute Gasteiger partial charge is 0.282 e. The standard InChI is InChI=1S/C22H21FN2O/c1-16(22(26)25-20-15-9-8-14-19(20)23)24-21(17-10-4-2-5-11-17)18-12-6-3-7-13-18/h2-16,21,24H,1H3,(H,25,26)/p+1/t16-/m0/s1. The Kier molecular flexibility index (Phi) is 5.77. The monoisotopic (exact) mass is 349 g/mol. The molecular formula is C22H22FN2O+. The van der Waals surface area contributed by atoms with Gasteiger partial charge in [-0.1, -0.05) is 72.8 Å². The summed E-state index contributed by atoms with van der Waals surface area (Å²) in [4.78, 5) is 12.6. The second-order valence-corrected chi connectivity index (χ2v) is 6.25. The van der Waals surface area contributed by atoms with Crippen molar-refractivity contribution in [2.45, 2.75) is 19.0 Å². The Morgan fingerprint density at radius 2 is 1.35 bits per heavy atom. The Labute approximate surface area is 152 Å². The van der Waals surface area contributed by atoms with Crippen molar-refractivity contribution in [2.75, 3.05) is 5.32 Å². The molecule has 26 heavy (non-hydrogen) atoms. The van der Waals surface area contributed by atoms with E-state index < -0.39 is 5.82 Å². The summed E-state index contributed by atoms with van der Waals surface area (Å²) in [6.45, 7) is 1.83. The number of amides is 1. The molecule has 0 fully saturated rings. The number of rotatable bonds is 6. The number of nitrogens with two attached hydrogens (primary N) is 1. The van der Waals surface area contributed by atoms with Crippen LogP contribution in [-0.2, 0) is 4.79 Å². The van der Waals surface area contributed by atoms with E-state index in [4.69, 9.17) is 0 Å². The topological polar surface area (TPSA) is 45.7 Å². The predicted octanol–water partition coefficient (Wildman–Crippen LogP) is 3.51. The lowest BCUT2D eigenvalue weighted by molar-refractivity contribution is -0.704. The highest BCUT2D eigenvalue weighted by atomic mass is 19.1. The fourth-order valence-electron chi connectivity index (χ4n) is 2.92. The molecule has 3 aromatic carbocycles. The number of quaternary nitrogens is 1. The van der Waals surface area contributed by atoms with Crippen LogP contribution in [0.4, 0.5) is 10.1 Å². The molecule has 0 saturated carbocycles. The molecule has 0 aliphatic rings. The van der Waals surface area contributed by atoms with Gasteiger partial charge >= 0.3 is 0 Å². The zero-order valence-electron chi connectivity index (χ0n) is 14.6. The van der Waals surface area contributed by atoms with Crippen LogP contribution in [0, 0.1) is 5.82 Å². The molecule has 0 aliphatic carbocycles. The largest absolute Gasteiger partial charge is 0.326 e. The lowest BCUT2D eigenvalue weighted by atomic mass is 9.98. The van der Waals surface area contributed by atoms with Gasteiger partial charge in [-0.3, -0.25) is 4.79 Å². The molecule has 0 spiro atoms. The van der Waals surface area contributed by atoms with Gasteiger partial charge in [-0.05, 0) is 19.1 Å². The molecule has 0 bridgehead atoms. The van der Waals surface area contributed by atoms with Crippen LogP contribution in [-0.4, -0.2) is 11.9 Å². The number of hydrogen-bond acceptors (Lipinski definition) is 1. The summed E-state index contributed by atoms with van der Waals surface area (Å²) in [5.74, 6) is -0.664. The zero-order valence-corrected chi connectivity index (χ0v) is 14.6. The van der Waals surface area contributed by atoms with E-state index in [9.17, 15) is 9.18 Å². The maximum absolute atomic E-state index is 13.8. The van der Waals surface area contributed by atoms with E-state index in [1.807, 2.05) is 48.6 Å². The van der Waals surface area contributed by atoms with Crippen LogP contribution in [0.2, 0.25) is 0 Å². The molecule has 0 saturated heterocycles. The minimum Gasteiger partial charge on any atom is -0.326 e. The normalized spacial score (nSPS) is 12.0. The van der Waals surface area contributed by atoms with Crippen LogP contribution in [0.1, 0.15) is 24.1 Å². The summed E-state index contributed by atoms with van der Waals surface area (Å²) in [5.41, 5.74) is 2.43. The van der Waals surface area contributed by atoms with Gasteiger partial charge in [0, 0.05) is 11.1 Å². The molecular weight excluding hydrogens is 327 g/mol. The summed E-state index contributed by atoms with van der Waals surface area (Å²) < 4.78 is 13.8.